The average Bonchev–Trinajstić information content (AvgIpc) is 3.17. The van der Waals surface area contributed by atoms with Gasteiger partial charge in [-0.05, 0) is 32.6 Å². The minimum absolute atomic E-state index is 0.643. The Morgan fingerprint density at radius 2 is 1.11 bits per heavy atom. The monoisotopic (exact) mass is 391 g/mol. The molecule has 0 aliphatic heterocycles. The summed E-state index contributed by atoms with van der Waals surface area (Å²) in [5.74, 6) is 0. The highest BCUT2D eigenvalue weighted by atomic mass is 15.1. The van der Waals surface area contributed by atoms with E-state index in [1.54, 1.807) is 0 Å². The predicted molar refractivity (Wildman–Crippen MR) is 124 cm³/mol. The summed E-state index contributed by atoms with van der Waals surface area (Å²) in [5.41, 5.74) is 0. The van der Waals surface area contributed by atoms with Gasteiger partial charge in [0.1, 0.15) is 12.4 Å². The van der Waals surface area contributed by atoms with Gasteiger partial charge in [0.25, 0.3) is 0 Å². The van der Waals surface area contributed by atoms with E-state index in [1.165, 1.54) is 122 Å². The minimum atomic E-state index is 0.643. The molecule has 1 rings (SSSR count). The fourth-order valence-electron chi connectivity index (χ4n) is 4.13. The second-order valence-corrected chi connectivity index (χ2v) is 9.04. The summed E-state index contributed by atoms with van der Waals surface area (Å²) in [6, 6.07) is 0.643. The first kappa shape index (κ1) is 25.2. The van der Waals surface area contributed by atoms with Crippen LogP contribution in [-0.4, -0.2) is 4.57 Å². The Kier molecular flexibility index (Phi) is 16.5. The summed E-state index contributed by atoms with van der Waals surface area (Å²) in [6.45, 7) is 8.14. The second kappa shape index (κ2) is 18.3. The lowest BCUT2D eigenvalue weighted by Gasteiger charge is -2.07. The molecular formula is C26H51N2+. The van der Waals surface area contributed by atoms with Gasteiger partial charge in [-0.25, -0.2) is 9.13 Å². The maximum absolute atomic E-state index is 2.42. The summed E-state index contributed by atoms with van der Waals surface area (Å²) in [4.78, 5) is 0. The molecule has 1 atom stereocenters. The van der Waals surface area contributed by atoms with E-state index < -0.39 is 0 Å². The van der Waals surface area contributed by atoms with Crippen LogP contribution in [0, 0.1) is 0 Å². The van der Waals surface area contributed by atoms with Crippen molar-refractivity contribution in [3.8, 4) is 0 Å². The predicted octanol–water partition coefficient (Wildman–Crippen LogP) is 8.40. The average molecular weight is 392 g/mol. The highest BCUT2D eigenvalue weighted by Crippen LogP contribution is 2.13. The molecule has 1 heterocycles. The van der Waals surface area contributed by atoms with Crippen molar-refractivity contribution in [3.63, 3.8) is 0 Å². The Labute approximate surface area is 177 Å². The van der Waals surface area contributed by atoms with Gasteiger partial charge in [-0.3, -0.25) is 0 Å². The van der Waals surface area contributed by atoms with Crippen molar-refractivity contribution >= 4 is 0 Å². The number of hydrogen-bond acceptors (Lipinski definition) is 0. The molecule has 1 aromatic rings. The van der Waals surface area contributed by atoms with Gasteiger partial charge in [0, 0.05) is 0 Å². The maximum Gasteiger partial charge on any atom is 0.243 e. The molecule has 0 radical (unpaired) electrons. The van der Waals surface area contributed by atoms with Gasteiger partial charge in [-0.15, -0.1) is 0 Å². The quantitative estimate of drug-likeness (QED) is 0.156. The van der Waals surface area contributed by atoms with Crippen molar-refractivity contribution in [3.05, 3.63) is 18.7 Å². The molecule has 0 fully saturated rings. The molecule has 0 saturated heterocycles. The Bertz CT molecular complexity index is 437. The van der Waals surface area contributed by atoms with E-state index in [4.69, 9.17) is 0 Å². The Morgan fingerprint density at radius 3 is 1.64 bits per heavy atom. The van der Waals surface area contributed by atoms with E-state index in [1.807, 2.05) is 0 Å². The zero-order valence-corrected chi connectivity index (χ0v) is 19.6. The van der Waals surface area contributed by atoms with Gasteiger partial charge in [-0.1, -0.05) is 104 Å². The van der Waals surface area contributed by atoms with E-state index in [0.29, 0.717) is 6.04 Å². The lowest BCUT2D eigenvalue weighted by atomic mass is 10.1. The molecule has 0 N–H and O–H groups in total. The third-order valence-electron chi connectivity index (χ3n) is 6.22. The minimum Gasteiger partial charge on any atom is -0.237 e. The van der Waals surface area contributed by atoms with Crippen LogP contribution in [0.2, 0.25) is 0 Å². The van der Waals surface area contributed by atoms with Crippen LogP contribution in [-0.2, 0) is 6.54 Å². The van der Waals surface area contributed by atoms with Gasteiger partial charge in [-0.2, -0.15) is 0 Å². The van der Waals surface area contributed by atoms with Gasteiger partial charge < -0.3 is 0 Å². The van der Waals surface area contributed by atoms with Crippen molar-refractivity contribution in [2.24, 2.45) is 0 Å². The molecule has 164 valence electrons. The highest BCUT2D eigenvalue weighted by molar-refractivity contribution is 4.67. The molecule has 0 aliphatic carbocycles. The Balaban J connectivity index is 1.96. The van der Waals surface area contributed by atoms with Crippen molar-refractivity contribution in [1.82, 2.24) is 4.57 Å². The zero-order chi connectivity index (χ0) is 20.3. The summed E-state index contributed by atoms with van der Waals surface area (Å²) < 4.78 is 4.81. The summed E-state index contributed by atoms with van der Waals surface area (Å²) in [5, 5.41) is 0. The Hall–Kier alpha value is -0.790. The van der Waals surface area contributed by atoms with Crippen molar-refractivity contribution in [1.29, 1.82) is 0 Å². The van der Waals surface area contributed by atoms with Crippen molar-refractivity contribution in [2.45, 2.75) is 149 Å². The molecule has 0 amide bonds. The molecule has 2 nitrogen and oxygen atoms in total. The number of aryl methyl sites for hydroxylation is 1. The lowest BCUT2D eigenvalue weighted by Crippen LogP contribution is -2.35. The first-order valence-electron chi connectivity index (χ1n) is 12.8. The normalized spacial score (nSPS) is 12.5. The molecule has 0 spiro atoms. The number of aromatic nitrogens is 2. The molecule has 0 aliphatic rings. The zero-order valence-electron chi connectivity index (χ0n) is 19.6. The van der Waals surface area contributed by atoms with Crippen LogP contribution in [0.1, 0.15) is 142 Å². The smallest absolute Gasteiger partial charge is 0.237 e. The highest BCUT2D eigenvalue weighted by Gasteiger charge is 2.11. The molecule has 0 bridgehead atoms. The summed E-state index contributed by atoms with van der Waals surface area (Å²) in [7, 11) is 0. The molecule has 2 heteroatoms. The standard InChI is InChI=1S/C26H51N2/c1-4-6-8-10-11-12-13-14-15-16-18-20-22-27-23-24-28(25-27)26(3)21-19-17-9-7-5-2/h23-26H,4-22H2,1-3H3/q+1. The number of unbranched alkanes of at least 4 members (excludes halogenated alkanes) is 15. The second-order valence-electron chi connectivity index (χ2n) is 9.04. The number of rotatable bonds is 20. The van der Waals surface area contributed by atoms with Gasteiger partial charge >= 0.3 is 0 Å². The van der Waals surface area contributed by atoms with Crippen molar-refractivity contribution < 1.29 is 4.57 Å². The fourth-order valence-corrected chi connectivity index (χ4v) is 4.13. The molecule has 0 saturated carbocycles. The number of nitrogens with zero attached hydrogens (tertiary/aromatic N) is 2. The van der Waals surface area contributed by atoms with Gasteiger partial charge in [0.05, 0.1) is 12.6 Å². The third kappa shape index (κ3) is 13.4. The summed E-state index contributed by atoms with van der Waals surface area (Å²) >= 11 is 0. The molecular weight excluding hydrogens is 340 g/mol. The summed E-state index contributed by atoms with van der Waals surface area (Å²) in [6.07, 6.45) is 32.2. The van der Waals surface area contributed by atoms with Crippen LogP contribution in [0.15, 0.2) is 18.7 Å². The maximum atomic E-state index is 2.42. The van der Waals surface area contributed by atoms with Crippen LogP contribution in [0.3, 0.4) is 0 Å². The number of hydrogen-bond donors (Lipinski definition) is 0. The van der Waals surface area contributed by atoms with Gasteiger partial charge in [0.15, 0.2) is 0 Å². The lowest BCUT2D eigenvalue weighted by molar-refractivity contribution is -0.720. The molecule has 1 aromatic heterocycles. The van der Waals surface area contributed by atoms with Crippen LogP contribution in [0.5, 0.6) is 0 Å². The van der Waals surface area contributed by atoms with E-state index in [0.717, 1.165) is 0 Å². The Morgan fingerprint density at radius 1 is 0.643 bits per heavy atom. The molecule has 0 aromatic carbocycles. The molecule has 1 unspecified atom stereocenters. The first-order valence-corrected chi connectivity index (χ1v) is 12.8. The van der Waals surface area contributed by atoms with Crippen LogP contribution in [0.25, 0.3) is 0 Å². The third-order valence-corrected chi connectivity index (χ3v) is 6.22. The van der Waals surface area contributed by atoms with Gasteiger partial charge in [0.2, 0.25) is 6.33 Å². The van der Waals surface area contributed by atoms with E-state index in [9.17, 15) is 0 Å². The van der Waals surface area contributed by atoms with E-state index in [-0.39, 0.29) is 0 Å². The SMILES string of the molecule is CCCCCCCCCCCCCCn1cc[n+](C(C)CCCCCCC)c1. The van der Waals surface area contributed by atoms with Crippen molar-refractivity contribution in [2.75, 3.05) is 0 Å². The first-order chi connectivity index (χ1) is 13.8. The van der Waals surface area contributed by atoms with Crippen LogP contribution < -0.4 is 4.57 Å². The van der Waals surface area contributed by atoms with Crippen LogP contribution in [0.4, 0.5) is 0 Å². The molecule has 28 heavy (non-hydrogen) atoms. The van der Waals surface area contributed by atoms with E-state index in [2.05, 4.69) is 48.6 Å². The largest absolute Gasteiger partial charge is 0.243 e. The van der Waals surface area contributed by atoms with E-state index >= 15 is 0 Å². The number of imidazole rings is 1. The van der Waals surface area contributed by atoms with Crippen LogP contribution >= 0.6 is 0 Å². The fraction of sp³-hybridized carbons (Fsp3) is 0.885. The topological polar surface area (TPSA) is 8.81 Å².